The van der Waals surface area contributed by atoms with Crippen LogP contribution in [0.1, 0.15) is 45.7 Å². The van der Waals surface area contributed by atoms with Gasteiger partial charge in [0.25, 0.3) is 5.56 Å². The first-order valence-corrected chi connectivity index (χ1v) is 8.34. The predicted octanol–water partition coefficient (Wildman–Crippen LogP) is 1.99. The number of rotatable bonds is 9. The first-order chi connectivity index (χ1) is 11.7. The second-order valence-corrected chi connectivity index (χ2v) is 6.56. The maximum absolute atomic E-state index is 12.2. The molecule has 1 aromatic heterocycles. The molecule has 0 spiro atoms. The molecule has 0 saturated heterocycles. The first-order valence-electron chi connectivity index (χ1n) is 8.34. The minimum atomic E-state index is -0.389. The number of hydrogen-bond acceptors (Lipinski definition) is 5. The van der Waals surface area contributed by atoms with Crippen molar-refractivity contribution in [2.45, 2.75) is 46.6 Å². The van der Waals surface area contributed by atoms with Gasteiger partial charge in [-0.2, -0.15) is 10.4 Å². The summed E-state index contributed by atoms with van der Waals surface area (Å²) in [5.41, 5.74) is 0.648. The van der Waals surface area contributed by atoms with Gasteiger partial charge in [-0.3, -0.25) is 9.59 Å². The molecule has 7 heteroatoms. The summed E-state index contributed by atoms with van der Waals surface area (Å²) in [6.07, 6.45) is 0.379. The lowest BCUT2D eigenvalue weighted by atomic mass is 10.1. The molecule has 1 rings (SSSR count). The number of carbonyl (C=O) groups is 1. The maximum Gasteiger partial charge on any atom is 0.270 e. The van der Waals surface area contributed by atoms with Crippen molar-refractivity contribution in [3.05, 3.63) is 34.3 Å². The Bertz CT molecular complexity index is 714. The Labute approximate surface area is 148 Å². The standard InChI is InChI=1S/C18H26N4O3/c1-12(2)11-25-15-8-17(24)22(21-18(15)13(3)4)10-16(23)20-7-6-14(5)9-19/h8,12-13H,5-7,10-11H2,1-4H3,(H,20,23). The molecule has 0 saturated carbocycles. The predicted molar refractivity (Wildman–Crippen MR) is 95.3 cm³/mol. The van der Waals surface area contributed by atoms with Crippen LogP contribution in [0.5, 0.6) is 5.75 Å². The molecule has 0 aliphatic carbocycles. The Morgan fingerprint density at radius 3 is 2.68 bits per heavy atom. The summed E-state index contributed by atoms with van der Waals surface area (Å²) < 4.78 is 6.82. The van der Waals surface area contributed by atoms with Crippen LogP contribution in [-0.4, -0.2) is 28.8 Å². The summed E-state index contributed by atoms with van der Waals surface area (Å²) in [7, 11) is 0. The monoisotopic (exact) mass is 346 g/mol. The Morgan fingerprint density at radius 1 is 1.44 bits per heavy atom. The van der Waals surface area contributed by atoms with Gasteiger partial charge in [-0.25, -0.2) is 4.68 Å². The topological polar surface area (TPSA) is 97.0 Å². The number of nitrogens with one attached hydrogen (secondary N) is 1. The highest BCUT2D eigenvalue weighted by Gasteiger charge is 2.15. The Kier molecular flexibility index (Phi) is 7.86. The minimum Gasteiger partial charge on any atom is -0.491 e. The van der Waals surface area contributed by atoms with Gasteiger partial charge in [0.05, 0.1) is 12.7 Å². The zero-order valence-electron chi connectivity index (χ0n) is 15.3. The van der Waals surface area contributed by atoms with Gasteiger partial charge >= 0.3 is 0 Å². The van der Waals surface area contributed by atoms with E-state index in [1.165, 1.54) is 6.07 Å². The largest absolute Gasteiger partial charge is 0.491 e. The zero-order chi connectivity index (χ0) is 19.0. The van der Waals surface area contributed by atoms with Crippen molar-refractivity contribution in [3.8, 4) is 11.8 Å². The van der Waals surface area contributed by atoms with Crippen molar-refractivity contribution in [3.63, 3.8) is 0 Å². The number of hydrogen-bond donors (Lipinski definition) is 1. The van der Waals surface area contributed by atoms with E-state index in [-0.39, 0.29) is 23.9 Å². The fourth-order valence-electron chi connectivity index (χ4n) is 1.98. The third-order valence-electron chi connectivity index (χ3n) is 3.31. The average molecular weight is 346 g/mol. The van der Waals surface area contributed by atoms with E-state index in [2.05, 4.69) is 17.0 Å². The number of amides is 1. The third kappa shape index (κ3) is 6.79. The molecule has 1 aromatic rings. The highest BCUT2D eigenvalue weighted by Crippen LogP contribution is 2.22. The molecule has 0 radical (unpaired) electrons. The van der Waals surface area contributed by atoms with E-state index < -0.39 is 0 Å². The lowest BCUT2D eigenvalue weighted by Gasteiger charge is -2.16. The number of ether oxygens (including phenoxy) is 1. The normalized spacial score (nSPS) is 10.6. The molecule has 0 atom stereocenters. The van der Waals surface area contributed by atoms with Crippen LogP contribution < -0.4 is 15.6 Å². The molecule has 1 amide bonds. The van der Waals surface area contributed by atoms with Crippen molar-refractivity contribution >= 4 is 5.91 Å². The lowest BCUT2D eigenvalue weighted by molar-refractivity contribution is -0.121. The Hall–Kier alpha value is -2.62. The van der Waals surface area contributed by atoms with Gasteiger partial charge in [-0.05, 0) is 12.3 Å². The van der Waals surface area contributed by atoms with Gasteiger partial charge in [0.15, 0.2) is 0 Å². The van der Waals surface area contributed by atoms with Gasteiger partial charge in [-0.15, -0.1) is 0 Å². The molecule has 0 aromatic carbocycles. The van der Waals surface area contributed by atoms with E-state index in [9.17, 15) is 9.59 Å². The van der Waals surface area contributed by atoms with Gasteiger partial charge in [0.1, 0.15) is 18.0 Å². The van der Waals surface area contributed by atoms with Crippen LogP contribution in [0.4, 0.5) is 0 Å². The molecular weight excluding hydrogens is 320 g/mol. The van der Waals surface area contributed by atoms with Crippen molar-refractivity contribution < 1.29 is 9.53 Å². The van der Waals surface area contributed by atoms with Crippen LogP contribution in [0, 0.1) is 17.2 Å². The molecule has 1 heterocycles. The SMILES string of the molecule is C=C(C#N)CCNC(=O)Cn1nc(C(C)C)c(OCC(C)C)cc1=O. The Morgan fingerprint density at radius 2 is 2.12 bits per heavy atom. The van der Waals surface area contributed by atoms with Crippen LogP contribution >= 0.6 is 0 Å². The molecule has 25 heavy (non-hydrogen) atoms. The summed E-state index contributed by atoms with van der Waals surface area (Å²) in [4.78, 5) is 24.2. The smallest absolute Gasteiger partial charge is 0.270 e. The molecule has 0 aliphatic heterocycles. The van der Waals surface area contributed by atoms with Gasteiger partial charge < -0.3 is 10.1 Å². The van der Waals surface area contributed by atoms with Gasteiger partial charge in [-0.1, -0.05) is 34.3 Å². The molecule has 0 fully saturated rings. The highest BCUT2D eigenvalue weighted by molar-refractivity contribution is 5.75. The molecule has 0 bridgehead atoms. The molecule has 136 valence electrons. The number of carbonyl (C=O) groups excluding carboxylic acids is 1. The first kappa shape index (κ1) is 20.4. The quantitative estimate of drug-likeness (QED) is 0.690. The number of nitriles is 1. The lowest BCUT2D eigenvalue weighted by Crippen LogP contribution is -2.34. The van der Waals surface area contributed by atoms with E-state index in [1.54, 1.807) is 0 Å². The second-order valence-electron chi connectivity index (χ2n) is 6.56. The number of aromatic nitrogens is 2. The fraction of sp³-hybridized carbons (Fsp3) is 0.556. The van der Waals surface area contributed by atoms with Crippen molar-refractivity contribution in [2.24, 2.45) is 5.92 Å². The maximum atomic E-state index is 12.2. The van der Waals surface area contributed by atoms with E-state index in [0.717, 1.165) is 4.68 Å². The number of nitrogens with zero attached hydrogens (tertiary/aromatic N) is 3. The summed E-state index contributed by atoms with van der Waals surface area (Å²) in [6.45, 7) is 12.1. The zero-order valence-corrected chi connectivity index (χ0v) is 15.3. The molecule has 0 aliphatic rings. The van der Waals surface area contributed by atoms with Crippen LogP contribution in [0.2, 0.25) is 0 Å². The summed E-state index contributed by atoms with van der Waals surface area (Å²) in [5, 5.41) is 15.6. The van der Waals surface area contributed by atoms with Crippen LogP contribution in [0.25, 0.3) is 0 Å². The fourth-order valence-corrected chi connectivity index (χ4v) is 1.98. The minimum absolute atomic E-state index is 0.0519. The summed E-state index contributed by atoms with van der Waals surface area (Å²) >= 11 is 0. The Balaban J connectivity index is 2.85. The summed E-state index contributed by atoms with van der Waals surface area (Å²) in [5.74, 6) is 0.508. The average Bonchev–Trinajstić information content (AvgIpc) is 2.54. The van der Waals surface area contributed by atoms with E-state index in [1.807, 2.05) is 33.8 Å². The van der Waals surface area contributed by atoms with Crippen LogP contribution in [-0.2, 0) is 11.3 Å². The van der Waals surface area contributed by atoms with E-state index in [0.29, 0.717) is 42.5 Å². The van der Waals surface area contributed by atoms with Crippen molar-refractivity contribution in [2.75, 3.05) is 13.2 Å². The molecular formula is C18H26N4O3. The second kappa shape index (κ2) is 9.62. The molecule has 0 unspecified atom stereocenters. The molecule has 1 N–H and O–H groups in total. The highest BCUT2D eigenvalue weighted by atomic mass is 16.5. The van der Waals surface area contributed by atoms with E-state index >= 15 is 0 Å². The van der Waals surface area contributed by atoms with Crippen LogP contribution in [0.3, 0.4) is 0 Å². The van der Waals surface area contributed by atoms with Crippen LogP contribution in [0.15, 0.2) is 23.0 Å². The van der Waals surface area contributed by atoms with E-state index in [4.69, 9.17) is 10.00 Å². The summed E-state index contributed by atoms with van der Waals surface area (Å²) in [6, 6.07) is 3.30. The van der Waals surface area contributed by atoms with Gasteiger partial charge in [0.2, 0.25) is 5.91 Å². The van der Waals surface area contributed by atoms with Gasteiger partial charge in [0, 0.05) is 24.1 Å². The molecule has 7 nitrogen and oxygen atoms in total. The van der Waals surface area contributed by atoms with Crippen molar-refractivity contribution in [1.82, 2.24) is 15.1 Å². The third-order valence-corrected chi connectivity index (χ3v) is 3.31. The van der Waals surface area contributed by atoms with Crippen molar-refractivity contribution in [1.29, 1.82) is 5.26 Å².